The van der Waals surface area contributed by atoms with E-state index in [2.05, 4.69) is 10.6 Å². The molecule has 1 saturated heterocycles. The summed E-state index contributed by atoms with van der Waals surface area (Å²) in [6, 6.07) is 10.9. The number of carbonyl (C=O) groups is 3. The van der Waals surface area contributed by atoms with Gasteiger partial charge in [0.05, 0.1) is 11.7 Å². The van der Waals surface area contributed by atoms with Gasteiger partial charge in [-0.2, -0.15) is 23.1 Å². The van der Waals surface area contributed by atoms with Gasteiger partial charge in [0.15, 0.2) is 5.78 Å². The van der Waals surface area contributed by atoms with Crippen LogP contribution >= 0.6 is 23.1 Å². The van der Waals surface area contributed by atoms with Crippen LogP contribution in [0.3, 0.4) is 0 Å². The predicted octanol–water partition coefficient (Wildman–Crippen LogP) is 2.64. The number of nitrogens with one attached hydrogen (secondary N) is 2. The van der Waals surface area contributed by atoms with Crippen molar-refractivity contribution in [2.45, 2.75) is 37.3 Å². The van der Waals surface area contributed by atoms with Gasteiger partial charge in [0.2, 0.25) is 5.91 Å². The third kappa shape index (κ3) is 5.26. The first-order valence-electron chi connectivity index (χ1n) is 9.32. The van der Waals surface area contributed by atoms with Crippen molar-refractivity contribution < 1.29 is 19.1 Å². The fraction of sp³-hybridized carbons (Fsp3) is 0.381. The molecule has 1 aliphatic rings. The van der Waals surface area contributed by atoms with E-state index >= 15 is 0 Å². The number of rotatable bonds is 8. The van der Waals surface area contributed by atoms with Crippen molar-refractivity contribution >= 4 is 40.7 Å². The summed E-state index contributed by atoms with van der Waals surface area (Å²) in [6.07, 6.45) is -0.427. The van der Waals surface area contributed by atoms with Crippen molar-refractivity contribution in [1.29, 1.82) is 0 Å². The van der Waals surface area contributed by atoms with E-state index < -0.39 is 17.7 Å². The van der Waals surface area contributed by atoms with Crippen molar-refractivity contribution in [3.63, 3.8) is 0 Å². The maximum atomic E-state index is 13.0. The summed E-state index contributed by atoms with van der Waals surface area (Å²) in [5, 5.41) is 9.17. The Labute approximate surface area is 178 Å². The summed E-state index contributed by atoms with van der Waals surface area (Å²) >= 11 is 2.97. The number of thiophene rings is 1. The molecule has 2 heterocycles. The lowest BCUT2D eigenvalue weighted by Gasteiger charge is -2.29. The lowest BCUT2D eigenvalue weighted by Crippen LogP contribution is -2.60. The zero-order valence-corrected chi connectivity index (χ0v) is 18.0. The highest BCUT2D eigenvalue weighted by atomic mass is 32.2. The van der Waals surface area contributed by atoms with Gasteiger partial charge in [0.25, 0.3) is 5.91 Å². The van der Waals surface area contributed by atoms with Gasteiger partial charge in [-0.3, -0.25) is 14.4 Å². The zero-order chi connectivity index (χ0) is 20.9. The Morgan fingerprint density at radius 2 is 2.07 bits per heavy atom. The third-order valence-electron chi connectivity index (χ3n) is 5.04. The second-order valence-corrected chi connectivity index (χ2v) is 8.92. The summed E-state index contributed by atoms with van der Waals surface area (Å²) in [5.41, 5.74) is 0.563. The highest BCUT2D eigenvalue weighted by Crippen LogP contribution is 2.23. The molecule has 6 nitrogen and oxygen atoms in total. The molecule has 8 heteroatoms. The van der Waals surface area contributed by atoms with Gasteiger partial charge in [0.1, 0.15) is 18.2 Å². The Hall–Kier alpha value is -2.16. The molecule has 0 aliphatic carbocycles. The normalized spacial score (nSPS) is 22.3. The molecule has 29 heavy (non-hydrogen) atoms. The molecule has 2 amide bonds. The van der Waals surface area contributed by atoms with Crippen LogP contribution in [-0.2, 0) is 20.1 Å². The third-order valence-corrected chi connectivity index (χ3v) is 6.83. The Balaban J connectivity index is 1.68. The van der Waals surface area contributed by atoms with Gasteiger partial charge >= 0.3 is 0 Å². The van der Waals surface area contributed by atoms with E-state index in [0.717, 1.165) is 5.56 Å². The summed E-state index contributed by atoms with van der Waals surface area (Å²) in [4.78, 5) is 37.8. The second kappa shape index (κ2) is 9.56. The van der Waals surface area contributed by atoms with Crippen LogP contribution in [0.2, 0.25) is 0 Å². The molecule has 0 saturated carbocycles. The van der Waals surface area contributed by atoms with E-state index in [1.54, 1.807) is 37.1 Å². The van der Waals surface area contributed by atoms with Crippen LogP contribution in [0.15, 0.2) is 47.2 Å². The molecule has 154 valence electrons. The summed E-state index contributed by atoms with van der Waals surface area (Å²) in [6.45, 7) is 3.40. The number of hydrogen-bond acceptors (Lipinski definition) is 6. The minimum Gasteiger partial charge on any atom is -0.368 e. The van der Waals surface area contributed by atoms with E-state index in [1.165, 1.54) is 11.3 Å². The number of amides is 2. The van der Waals surface area contributed by atoms with Crippen LogP contribution in [0.1, 0.15) is 29.8 Å². The van der Waals surface area contributed by atoms with Crippen LogP contribution in [0.4, 0.5) is 0 Å². The average molecular weight is 433 g/mol. The standard InChI is InChI=1S/C21H24N2O4S2/c1-14-21(2,18(24)10-27-14)23-20(26)17(22-19(25)16-8-9-28-12-16)13-29-11-15-6-4-3-5-7-15/h3-9,12,14,17H,10-11,13H2,1-2H3,(H,22,25)(H,23,26)/t14-,17?,21-/m1/s1. The van der Waals surface area contributed by atoms with Crippen molar-refractivity contribution in [1.82, 2.24) is 10.6 Å². The molecular weight excluding hydrogens is 408 g/mol. The molecular formula is C21H24N2O4S2. The summed E-state index contributed by atoms with van der Waals surface area (Å²) < 4.78 is 5.38. The molecule has 1 aromatic carbocycles. The van der Waals surface area contributed by atoms with E-state index in [-0.39, 0.29) is 24.2 Å². The quantitative estimate of drug-likeness (QED) is 0.670. The predicted molar refractivity (Wildman–Crippen MR) is 115 cm³/mol. The van der Waals surface area contributed by atoms with Gasteiger partial charge in [-0.1, -0.05) is 30.3 Å². The number of carbonyl (C=O) groups excluding carboxylic acids is 3. The SMILES string of the molecule is C[C@H]1OCC(=O)[C@]1(C)NC(=O)C(CSCc1ccccc1)NC(=O)c1ccsc1. The highest BCUT2D eigenvalue weighted by molar-refractivity contribution is 7.98. The Kier molecular flexibility index (Phi) is 7.10. The Morgan fingerprint density at radius 1 is 1.31 bits per heavy atom. The monoisotopic (exact) mass is 432 g/mol. The lowest BCUT2D eigenvalue weighted by molar-refractivity contribution is -0.130. The number of Topliss-reactive ketones (excluding diaryl/α,β-unsaturated/α-hetero) is 1. The molecule has 1 unspecified atom stereocenters. The topological polar surface area (TPSA) is 84.5 Å². The fourth-order valence-corrected chi connectivity index (χ4v) is 4.60. The van der Waals surface area contributed by atoms with Gasteiger partial charge in [-0.05, 0) is 30.9 Å². The molecule has 1 fully saturated rings. The number of ketones is 1. The first-order valence-corrected chi connectivity index (χ1v) is 11.4. The molecule has 1 aromatic heterocycles. The molecule has 3 rings (SSSR count). The number of ether oxygens (including phenoxy) is 1. The van der Waals surface area contributed by atoms with Crippen molar-refractivity contribution in [3.8, 4) is 0 Å². The first-order chi connectivity index (χ1) is 13.9. The molecule has 0 radical (unpaired) electrons. The fourth-order valence-electron chi connectivity index (χ4n) is 2.95. The van der Waals surface area contributed by atoms with Gasteiger partial charge in [-0.15, -0.1) is 0 Å². The van der Waals surface area contributed by atoms with Crippen LogP contribution < -0.4 is 10.6 Å². The van der Waals surface area contributed by atoms with Crippen LogP contribution in [0, 0.1) is 0 Å². The second-order valence-electron chi connectivity index (χ2n) is 7.11. The van der Waals surface area contributed by atoms with Gasteiger partial charge in [0, 0.05) is 16.9 Å². The maximum absolute atomic E-state index is 13.0. The van der Waals surface area contributed by atoms with E-state index in [4.69, 9.17) is 4.74 Å². The largest absolute Gasteiger partial charge is 0.368 e. The molecule has 0 spiro atoms. The summed E-state index contributed by atoms with van der Waals surface area (Å²) in [5.74, 6) is 0.240. The van der Waals surface area contributed by atoms with Crippen molar-refractivity contribution in [3.05, 3.63) is 58.3 Å². The minimum absolute atomic E-state index is 0.0212. The zero-order valence-electron chi connectivity index (χ0n) is 16.3. The van der Waals surface area contributed by atoms with E-state index in [0.29, 0.717) is 17.1 Å². The molecule has 3 atom stereocenters. The smallest absolute Gasteiger partial charge is 0.252 e. The lowest BCUT2D eigenvalue weighted by atomic mass is 9.93. The van der Waals surface area contributed by atoms with Crippen LogP contribution in [-0.4, -0.2) is 47.6 Å². The Morgan fingerprint density at radius 3 is 2.69 bits per heavy atom. The first kappa shape index (κ1) is 21.5. The number of thioether (sulfide) groups is 1. The van der Waals surface area contributed by atoms with E-state index in [9.17, 15) is 14.4 Å². The molecule has 1 aliphatic heterocycles. The average Bonchev–Trinajstić information content (AvgIpc) is 3.33. The number of hydrogen-bond donors (Lipinski definition) is 2. The summed E-state index contributed by atoms with van der Waals surface area (Å²) in [7, 11) is 0. The number of benzene rings is 1. The van der Waals surface area contributed by atoms with Crippen molar-refractivity contribution in [2.24, 2.45) is 0 Å². The van der Waals surface area contributed by atoms with Gasteiger partial charge < -0.3 is 15.4 Å². The molecule has 2 aromatic rings. The molecule has 2 N–H and O–H groups in total. The molecule has 0 bridgehead atoms. The van der Waals surface area contributed by atoms with Gasteiger partial charge in [-0.25, -0.2) is 0 Å². The Bertz CT molecular complexity index is 857. The van der Waals surface area contributed by atoms with Crippen LogP contribution in [0.25, 0.3) is 0 Å². The van der Waals surface area contributed by atoms with Crippen molar-refractivity contribution in [2.75, 3.05) is 12.4 Å². The minimum atomic E-state index is -1.09. The van der Waals surface area contributed by atoms with Crippen LogP contribution in [0.5, 0.6) is 0 Å². The maximum Gasteiger partial charge on any atom is 0.252 e. The van der Waals surface area contributed by atoms with E-state index in [1.807, 2.05) is 35.7 Å². The highest BCUT2D eigenvalue weighted by Gasteiger charge is 2.47.